The van der Waals surface area contributed by atoms with Gasteiger partial charge in [-0.25, -0.2) is 0 Å². The molecule has 0 saturated heterocycles. The number of hydrogen-bond donors (Lipinski definition) is 2. The average Bonchev–Trinajstić information content (AvgIpc) is 2.83. The summed E-state index contributed by atoms with van der Waals surface area (Å²) in [5.74, 6) is 0. The lowest BCUT2D eigenvalue weighted by Gasteiger charge is -2.06. The molecule has 0 aromatic carbocycles. The predicted octanol–water partition coefficient (Wildman–Crippen LogP) is 10.9. The molecule has 1 unspecified atom stereocenters. The zero-order valence-electron chi connectivity index (χ0n) is 24.0. The zero-order chi connectivity index (χ0) is 24.8. The summed E-state index contributed by atoms with van der Waals surface area (Å²) in [7, 11) is 0. The van der Waals surface area contributed by atoms with Gasteiger partial charge in [-0.05, 0) is 19.9 Å². The molecule has 0 aliphatic carbocycles. The molecule has 2 nitrogen and oxygen atoms in total. The first-order valence-electron chi connectivity index (χ1n) is 16.2. The van der Waals surface area contributed by atoms with Gasteiger partial charge in [0.05, 0.1) is 0 Å². The second-order valence-electron chi connectivity index (χ2n) is 11.2. The minimum absolute atomic E-state index is 0.353. The Labute approximate surface area is 216 Å². The number of rotatable bonds is 30. The van der Waals surface area contributed by atoms with Crippen LogP contribution in [0.1, 0.15) is 194 Å². The van der Waals surface area contributed by atoms with E-state index < -0.39 is 0 Å². The molecule has 0 aliphatic rings. The summed E-state index contributed by atoms with van der Waals surface area (Å²) in [5, 5.41) is 12.2. The first-order chi connectivity index (χ1) is 16.8. The van der Waals surface area contributed by atoms with Crippen molar-refractivity contribution in [2.45, 2.75) is 200 Å². The third-order valence-electron chi connectivity index (χ3n) is 7.47. The highest BCUT2D eigenvalue weighted by atomic mass is 16.3. The van der Waals surface area contributed by atoms with Crippen molar-refractivity contribution < 1.29 is 5.11 Å². The van der Waals surface area contributed by atoms with Crippen LogP contribution in [0.15, 0.2) is 0 Å². The molecule has 1 atom stereocenters. The van der Waals surface area contributed by atoms with E-state index in [4.69, 9.17) is 5.11 Å². The topological polar surface area (TPSA) is 32.3 Å². The van der Waals surface area contributed by atoms with Crippen LogP contribution in [-0.2, 0) is 0 Å². The van der Waals surface area contributed by atoms with Crippen LogP contribution in [0.5, 0.6) is 0 Å². The Bertz CT molecular complexity index is 344. The number of aliphatic hydroxyl groups is 1. The van der Waals surface area contributed by atoms with Crippen LogP contribution in [-0.4, -0.2) is 17.9 Å². The molecule has 0 amide bonds. The van der Waals surface area contributed by atoms with E-state index in [2.05, 4.69) is 12.2 Å². The largest absolute Gasteiger partial charge is 0.379 e. The summed E-state index contributed by atoms with van der Waals surface area (Å²) >= 11 is 0. The average molecular weight is 482 g/mol. The van der Waals surface area contributed by atoms with Crippen molar-refractivity contribution in [2.24, 2.45) is 0 Å². The molecule has 206 valence electrons. The van der Waals surface area contributed by atoms with Gasteiger partial charge in [0, 0.05) is 0 Å². The summed E-state index contributed by atoms with van der Waals surface area (Å²) < 4.78 is 0. The van der Waals surface area contributed by atoms with Crippen LogP contribution in [0.3, 0.4) is 0 Å². The number of nitrogens with one attached hydrogen (secondary N) is 1. The molecule has 0 aromatic heterocycles. The fourth-order valence-electron chi connectivity index (χ4n) is 5.11. The SMILES string of the molecule is CCCCCCCCCCCCCCCCCCCCCCCCCCCCCCNC(C)O. The lowest BCUT2D eigenvalue weighted by atomic mass is 10.0. The maximum atomic E-state index is 9.14. The van der Waals surface area contributed by atoms with E-state index in [1.165, 1.54) is 180 Å². The van der Waals surface area contributed by atoms with Crippen LogP contribution >= 0.6 is 0 Å². The predicted molar refractivity (Wildman–Crippen MR) is 155 cm³/mol. The minimum Gasteiger partial charge on any atom is -0.379 e. The standard InChI is InChI=1S/C32H67NO/c1-3-4-5-6-7-8-9-10-11-12-13-14-15-16-17-18-19-20-21-22-23-24-25-26-27-28-29-30-31-33-32(2)34/h32-34H,3-31H2,1-2H3. The molecule has 0 aliphatic heterocycles. The maximum Gasteiger partial charge on any atom is 0.102 e. The van der Waals surface area contributed by atoms with Gasteiger partial charge in [0.1, 0.15) is 6.23 Å². The summed E-state index contributed by atoms with van der Waals surface area (Å²) in [6, 6.07) is 0. The maximum absolute atomic E-state index is 9.14. The van der Waals surface area contributed by atoms with E-state index in [0.717, 1.165) is 6.54 Å². The molecule has 0 heterocycles. The van der Waals surface area contributed by atoms with Gasteiger partial charge in [-0.1, -0.05) is 180 Å². The summed E-state index contributed by atoms with van der Waals surface area (Å²) in [4.78, 5) is 0. The van der Waals surface area contributed by atoms with E-state index >= 15 is 0 Å². The third kappa shape index (κ3) is 31.9. The van der Waals surface area contributed by atoms with Gasteiger partial charge in [0.25, 0.3) is 0 Å². The quantitative estimate of drug-likeness (QED) is 0.0789. The molecule has 0 rings (SSSR count). The normalized spacial score (nSPS) is 12.4. The Morgan fingerprint density at radius 1 is 0.382 bits per heavy atom. The fourth-order valence-corrected chi connectivity index (χ4v) is 5.11. The van der Waals surface area contributed by atoms with Crippen LogP contribution in [0, 0.1) is 0 Å². The second-order valence-corrected chi connectivity index (χ2v) is 11.2. The van der Waals surface area contributed by atoms with Crippen LogP contribution in [0.25, 0.3) is 0 Å². The summed E-state index contributed by atoms with van der Waals surface area (Å²) in [5.41, 5.74) is 0. The van der Waals surface area contributed by atoms with Crippen molar-refractivity contribution in [3.63, 3.8) is 0 Å². The molecular weight excluding hydrogens is 414 g/mol. The van der Waals surface area contributed by atoms with E-state index in [0.29, 0.717) is 0 Å². The molecule has 2 heteroatoms. The van der Waals surface area contributed by atoms with E-state index in [-0.39, 0.29) is 6.23 Å². The Balaban J connectivity index is 3.00. The highest BCUT2D eigenvalue weighted by Crippen LogP contribution is 2.16. The van der Waals surface area contributed by atoms with E-state index in [1.54, 1.807) is 6.92 Å². The van der Waals surface area contributed by atoms with Crippen molar-refractivity contribution in [3.05, 3.63) is 0 Å². The molecule has 0 saturated carbocycles. The Morgan fingerprint density at radius 3 is 0.794 bits per heavy atom. The number of aliphatic hydroxyl groups excluding tert-OH is 1. The van der Waals surface area contributed by atoms with Gasteiger partial charge in [0.2, 0.25) is 0 Å². The first-order valence-corrected chi connectivity index (χ1v) is 16.2. The van der Waals surface area contributed by atoms with Crippen molar-refractivity contribution in [3.8, 4) is 0 Å². The first kappa shape index (κ1) is 33.9. The second kappa shape index (κ2) is 31.0. The molecule has 0 radical (unpaired) electrons. The monoisotopic (exact) mass is 482 g/mol. The molecule has 2 N–H and O–H groups in total. The zero-order valence-corrected chi connectivity index (χ0v) is 24.0. The van der Waals surface area contributed by atoms with Gasteiger partial charge in [0.15, 0.2) is 0 Å². The molecule has 0 bridgehead atoms. The molecule has 0 fully saturated rings. The van der Waals surface area contributed by atoms with Gasteiger partial charge >= 0.3 is 0 Å². The number of unbranched alkanes of at least 4 members (excludes halogenated alkanes) is 27. The minimum atomic E-state index is -0.353. The molecule has 0 aromatic rings. The van der Waals surface area contributed by atoms with E-state index in [9.17, 15) is 0 Å². The Hall–Kier alpha value is -0.0800. The van der Waals surface area contributed by atoms with Crippen molar-refractivity contribution in [1.29, 1.82) is 0 Å². The van der Waals surface area contributed by atoms with Crippen LogP contribution in [0.2, 0.25) is 0 Å². The van der Waals surface area contributed by atoms with Crippen LogP contribution in [0.4, 0.5) is 0 Å². The molecule has 34 heavy (non-hydrogen) atoms. The number of hydrogen-bond acceptors (Lipinski definition) is 2. The van der Waals surface area contributed by atoms with Gasteiger partial charge in [-0.15, -0.1) is 0 Å². The Kier molecular flexibility index (Phi) is 30.9. The fraction of sp³-hybridized carbons (Fsp3) is 1.00. The highest BCUT2D eigenvalue weighted by molar-refractivity contribution is 4.53. The van der Waals surface area contributed by atoms with Gasteiger partial charge in [-0.2, -0.15) is 0 Å². The Morgan fingerprint density at radius 2 is 0.588 bits per heavy atom. The van der Waals surface area contributed by atoms with Crippen molar-refractivity contribution in [1.82, 2.24) is 5.32 Å². The summed E-state index contributed by atoms with van der Waals surface area (Å²) in [6.45, 7) is 5.05. The lowest BCUT2D eigenvalue weighted by Crippen LogP contribution is -2.26. The molecule has 0 spiro atoms. The van der Waals surface area contributed by atoms with Crippen molar-refractivity contribution >= 4 is 0 Å². The highest BCUT2D eigenvalue weighted by Gasteiger charge is 1.97. The molecular formula is C32H67NO. The summed E-state index contributed by atoms with van der Waals surface area (Å²) in [6.07, 6.45) is 40.1. The van der Waals surface area contributed by atoms with Gasteiger partial charge in [-0.3, -0.25) is 5.32 Å². The van der Waals surface area contributed by atoms with Crippen LogP contribution < -0.4 is 5.32 Å². The van der Waals surface area contributed by atoms with E-state index in [1.807, 2.05) is 0 Å². The third-order valence-corrected chi connectivity index (χ3v) is 7.47. The smallest absolute Gasteiger partial charge is 0.102 e. The van der Waals surface area contributed by atoms with Crippen molar-refractivity contribution in [2.75, 3.05) is 6.54 Å². The van der Waals surface area contributed by atoms with Gasteiger partial charge < -0.3 is 5.11 Å². The lowest BCUT2D eigenvalue weighted by molar-refractivity contribution is 0.156.